The zero-order valence-electron chi connectivity index (χ0n) is 14.3. The van der Waals surface area contributed by atoms with Crippen molar-refractivity contribution >= 4 is 16.6 Å². The maximum absolute atomic E-state index is 12.3. The zero-order chi connectivity index (χ0) is 17.1. The minimum atomic E-state index is -0.0466. The molecular formula is C20H22N2O2. The Morgan fingerprint density at radius 1 is 1.04 bits per heavy atom. The predicted molar refractivity (Wildman–Crippen MR) is 99.0 cm³/mol. The molecule has 3 aromatic rings. The van der Waals surface area contributed by atoms with Gasteiger partial charge in [-0.1, -0.05) is 12.1 Å². The van der Waals surface area contributed by atoms with Gasteiger partial charge in [0, 0.05) is 23.2 Å². The summed E-state index contributed by atoms with van der Waals surface area (Å²) in [7, 11) is 0. The number of anilines is 1. The van der Waals surface area contributed by atoms with Gasteiger partial charge in [-0.3, -0.25) is 4.79 Å². The van der Waals surface area contributed by atoms with Crippen LogP contribution in [0.1, 0.15) is 23.6 Å². The number of aromatic amines is 1. The van der Waals surface area contributed by atoms with E-state index in [1.807, 2.05) is 50.2 Å². The first-order chi connectivity index (χ1) is 11.6. The summed E-state index contributed by atoms with van der Waals surface area (Å²) < 4.78 is 5.43. The van der Waals surface area contributed by atoms with Crippen molar-refractivity contribution < 1.29 is 4.74 Å². The topological polar surface area (TPSA) is 54.1 Å². The van der Waals surface area contributed by atoms with E-state index in [1.54, 1.807) is 0 Å². The van der Waals surface area contributed by atoms with Crippen LogP contribution in [0.5, 0.6) is 5.75 Å². The fourth-order valence-electron chi connectivity index (χ4n) is 2.78. The Morgan fingerprint density at radius 2 is 1.75 bits per heavy atom. The van der Waals surface area contributed by atoms with Crippen molar-refractivity contribution in [2.75, 3.05) is 11.9 Å². The fourth-order valence-corrected chi connectivity index (χ4v) is 2.78. The van der Waals surface area contributed by atoms with Gasteiger partial charge < -0.3 is 15.0 Å². The van der Waals surface area contributed by atoms with E-state index < -0.39 is 0 Å². The van der Waals surface area contributed by atoms with Crippen molar-refractivity contribution in [2.24, 2.45) is 0 Å². The molecule has 124 valence electrons. The highest BCUT2D eigenvalue weighted by atomic mass is 16.5. The Labute approximate surface area is 141 Å². The monoisotopic (exact) mass is 322 g/mol. The van der Waals surface area contributed by atoms with Crippen LogP contribution in [0.4, 0.5) is 5.69 Å². The summed E-state index contributed by atoms with van der Waals surface area (Å²) in [4.78, 5) is 15.4. The highest BCUT2D eigenvalue weighted by Crippen LogP contribution is 2.20. The van der Waals surface area contributed by atoms with E-state index in [0.717, 1.165) is 39.0 Å². The summed E-state index contributed by atoms with van der Waals surface area (Å²) in [6.45, 7) is 7.16. The van der Waals surface area contributed by atoms with Gasteiger partial charge >= 0.3 is 0 Å². The summed E-state index contributed by atoms with van der Waals surface area (Å²) in [5.41, 5.74) is 4.80. The van der Waals surface area contributed by atoms with E-state index in [0.29, 0.717) is 13.2 Å². The van der Waals surface area contributed by atoms with Gasteiger partial charge in [-0.2, -0.15) is 0 Å². The maximum Gasteiger partial charge on any atom is 0.253 e. The number of fused-ring (bicyclic) bond motifs is 1. The molecule has 3 rings (SSSR count). The molecule has 0 aliphatic heterocycles. The van der Waals surface area contributed by atoms with Gasteiger partial charge in [-0.05, 0) is 62.2 Å². The Kier molecular flexibility index (Phi) is 4.56. The van der Waals surface area contributed by atoms with Gasteiger partial charge in [-0.25, -0.2) is 0 Å². The summed E-state index contributed by atoms with van der Waals surface area (Å²) in [6.07, 6.45) is 0. The minimum Gasteiger partial charge on any atom is -0.494 e. The average Bonchev–Trinajstić information content (AvgIpc) is 2.58. The highest BCUT2D eigenvalue weighted by molar-refractivity contribution is 5.85. The van der Waals surface area contributed by atoms with E-state index in [9.17, 15) is 4.79 Å². The van der Waals surface area contributed by atoms with Crippen LogP contribution in [0.15, 0.2) is 47.3 Å². The molecule has 24 heavy (non-hydrogen) atoms. The van der Waals surface area contributed by atoms with Crippen LogP contribution < -0.4 is 15.6 Å². The summed E-state index contributed by atoms with van der Waals surface area (Å²) in [5, 5.41) is 4.39. The third-order valence-corrected chi connectivity index (χ3v) is 4.17. The van der Waals surface area contributed by atoms with Gasteiger partial charge in [0.2, 0.25) is 0 Å². The number of pyridine rings is 1. The standard InChI is InChI=1S/C20H22N2O2/c1-4-24-17-9-7-16(8-10-17)21-12-15-11-18-13(2)5-6-14(3)19(18)22-20(15)23/h5-11,21H,4,12H2,1-3H3,(H,22,23). The molecule has 1 aromatic heterocycles. The number of hydrogen-bond donors (Lipinski definition) is 2. The molecule has 0 saturated carbocycles. The molecule has 0 aliphatic carbocycles. The summed E-state index contributed by atoms with van der Waals surface area (Å²) in [6, 6.07) is 13.8. The van der Waals surface area contributed by atoms with Crippen LogP contribution in [-0.4, -0.2) is 11.6 Å². The lowest BCUT2D eigenvalue weighted by atomic mass is 10.0. The second kappa shape index (κ2) is 6.79. The quantitative estimate of drug-likeness (QED) is 0.742. The van der Waals surface area contributed by atoms with Crippen molar-refractivity contribution in [1.82, 2.24) is 4.98 Å². The van der Waals surface area contributed by atoms with Gasteiger partial charge in [0.05, 0.1) is 12.1 Å². The first kappa shape index (κ1) is 16.1. The number of nitrogens with one attached hydrogen (secondary N) is 2. The normalized spacial score (nSPS) is 10.8. The largest absolute Gasteiger partial charge is 0.494 e. The molecule has 0 saturated heterocycles. The van der Waals surface area contributed by atoms with E-state index in [1.165, 1.54) is 0 Å². The number of benzene rings is 2. The van der Waals surface area contributed by atoms with Gasteiger partial charge in [0.25, 0.3) is 5.56 Å². The van der Waals surface area contributed by atoms with Crippen molar-refractivity contribution in [3.63, 3.8) is 0 Å². The molecule has 0 aliphatic rings. The van der Waals surface area contributed by atoms with E-state index in [2.05, 4.69) is 23.3 Å². The van der Waals surface area contributed by atoms with Crippen LogP contribution in [0.2, 0.25) is 0 Å². The lowest BCUT2D eigenvalue weighted by Crippen LogP contribution is -2.16. The molecule has 0 radical (unpaired) electrons. The Bertz CT molecular complexity index is 911. The number of ether oxygens (including phenoxy) is 1. The second-order valence-electron chi connectivity index (χ2n) is 5.92. The second-order valence-corrected chi connectivity index (χ2v) is 5.92. The van der Waals surface area contributed by atoms with Crippen molar-refractivity contribution in [1.29, 1.82) is 0 Å². The van der Waals surface area contributed by atoms with Crippen molar-refractivity contribution in [2.45, 2.75) is 27.3 Å². The van der Waals surface area contributed by atoms with E-state index in [4.69, 9.17) is 4.74 Å². The smallest absolute Gasteiger partial charge is 0.253 e. The lowest BCUT2D eigenvalue weighted by molar-refractivity contribution is 0.340. The minimum absolute atomic E-state index is 0.0466. The van der Waals surface area contributed by atoms with Gasteiger partial charge in [-0.15, -0.1) is 0 Å². The first-order valence-electron chi connectivity index (χ1n) is 8.17. The average molecular weight is 322 g/mol. The van der Waals surface area contributed by atoms with Crippen LogP contribution in [-0.2, 0) is 6.54 Å². The molecule has 4 nitrogen and oxygen atoms in total. The maximum atomic E-state index is 12.3. The summed E-state index contributed by atoms with van der Waals surface area (Å²) in [5.74, 6) is 0.845. The molecule has 0 spiro atoms. The Hall–Kier alpha value is -2.75. The Balaban J connectivity index is 1.83. The molecule has 1 heterocycles. The molecule has 2 N–H and O–H groups in total. The molecular weight excluding hydrogens is 300 g/mol. The number of hydrogen-bond acceptors (Lipinski definition) is 3. The van der Waals surface area contributed by atoms with Crippen LogP contribution in [0, 0.1) is 13.8 Å². The first-order valence-corrected chi connectivity index (χ1v) is 8.17. The third kappa shape index (κ3) is 3.27. The summed E-state index contributed by atoms with van der Waals surface area (Å²) >= 11 is 0. The van der Waals surface area contributed by atoms with E-state index >= 15 is 0 Å². The molecule has 2 aromatic carbocycles. The number of aryl methyl sites for hydroxylation is 2. The molecule has 0 fully saturated rings. The SMILES string of the molecule is CCOc1ccc(NCc2cc3c(C)ccc(C)c3[nH]c2=O)cc1. The van der Waals surface area contributed by atoms with Crippen LogP contribution in [0.25, 0.3) is 10.9 Å². The van der Waals surface area contributed by atoms with Crippen LogP contribution >= 0.6 is 0 Å². The third-order valence-electron chi connectivity index (χ3n) is 4.17. The fraction of sp³-hybridized carbons (Fsp3) is 0.250. The molecule has 0 unspecified atom stereocenters. The number of aromatic nitrogens is 1. The van der Waals surface area contributed by atoms with Gasteiger partial charge in [0.15, 0.2) is 0 Å². The lowest BCUT2D eigenvalue weighted by Gasteiger charge is -2.10. The number of rotatable bonds is 5. The Morgan fingerprint density at radius 3 is 2.46 bits per heavy atom. The molecule has 0 atom stereocenters. The zero-order valence-corrected chi connectivity index (χ0v) is 14.3. The van der Waals surface area contributed by atoms with E-state index in [-0.39, 0.29) is 5.56 Å². The molecule has 4 heteroatoms. The van der Waals surface area contributed by atoms with Crippen LogP contribution in [0.3, 0.4) is 0 Å². The van der Waals surface area contributed by atoms with Crippen molar-refractivity contribution in [3.05, 3.63) is 69.5 Å². The molecule has 0 amide bonds. The van der Waals surface area contributed by atoms with Crippen molar-refractivity contribution in [3.8, 4) is 5.75 Å². The predicted octanol–water partition coefficient (Wildman–Crippen LogP) is 4.16. The molecule has 0 bridgehead atoms. The van der Waals surface area contributed by atoms with Gasteiger partial charge in [0.1, 0.15) is 5.75 Å². The highest BCUT2D eigenvalue weighted by Gasteiger charge is 2.07. The number of H-pyrrole nitrogens is 1.